The van der Waals surface area contributed by atoms with Crippen LogP contribution in [0.2, 0.25) is 0 Å². The second kappa shape index (κ2) is 7.66. The van der Waals surface area contributed by atoms with Gasteiger partial charge < -0.3 is 9.64 Å². The van der Waals surface area contributed by atoms with E-state index in [4.69, 9.17) is 4.74 Å². The van der Waals surface area contributed by atoms with Crippen molar-refractivity contribution >= 4 is 5.91 Å². The van der Waals surface area contributed by atoms with E-state index in [9.17, 15) is 4.79 Å². The van der Waals surface area contributed by atoms with Crippen LogP contribution in [0.5, 0.6) is 0 Å². The molecule has 0 unspecified atom stereocenters. The number of ether oxygens (including phenoxy) is 1. The van der Waals surface area contributed by atoms with Gasteiger partial charge in [-0.25, -0.2) is 0 Å². The molecule has 0 aromatic heterocycles. The number of nitrogens with zero attached hydrogens (tertiary/aromatic N) is 1. The van der Waals surface area contributed by atoms with Crippen LogP contribution in [0.1, 0.15) is 51.9 Å². The van der Waals surface area contributed by atoms with Crippen molar-refractivity contribution in [2.45, 2.75) is 57.9 Å². The number of carbonyl (C=O) groups is 1. The molecule has 0 bridgehead atoms. The average molecular weight is 227 g/mol. The lowest BCUT2D eigenvalue weighted by molar-refractivity contribution is -0.132. The Morgan fingerprint density at radius 3 is 2.62 bits per heavy atom. The van der Waals surface area contributed by atoms with E-state index in [2.05, 4.69) is 0 Å². The molecule has 0 radical (unpaired) electrons. The van der Waals surface area contributed by atoms with Crippen molar-refractivity contribution < 1.29 is 9.53 Å². The molecule has 0 aromatic carbocycles. The molecule has 1 aliphatic carbocycles. The lowest BCUT2D eigenvalue weighted by Crippen LogP contribution is -2.38. The van der Waals surface area contributed by atoms with Crippen LogP contribution in [0.4, 0.5) is 0 Å². The fourth-order valence-electron chi connectivity index (χ4n) is 2.32. The van der Waals surface area contributed by atoms with Crippen LogP contribution >= 0.6 is 0 Å². The van der Waals surface area contributed by atoms with Crippen LogP contribution in [0.15, 0.2) is 0 Å². The molecule has 16 heavy (non-hydrogen) atoms. The molecule has 94 valence electrons. The van der Waals surface area contributed by atoms with Crippen molar-refractivity contribution in [3.05, 3.63) is 0 Å². The maximum atomic E-state index is 11.9. The lowest BCUT2D eigenvalue weighted by atomic mass is 9.94. The molecule has 1 rings (SSSR count). The minimum atomic E-state index is 0.284. The summed E-state index contributed by atoms with van der Waals surface area (Å²) >= 11 is 0. The molecule has 0 heterocycles. The van der Waals surface area contributed by atoms with Crippen LogP contribution in [-0.4, -0.2) is 37.1 Å². The van der Waals surface area contributed by atoms with Gasteiger partial charge in [0.15, 0.2) is 0 Å². The number of hydrogen-bond acceptors (Lipinski definition) is 2. The van der Waals surface area contributed by atoms with E-state index in [-0.39, 0.29) is 5.91 Å². The van der Waals surface area contributed by atoms with E-state index in [1.807, 2.05) is 18.9 Å². The molecule has 0 atom stereocenters. The fourth-order valence-corrected chi connectivity index (χ4v) is 2.32. The smallest absolute Gasteiger partial charge is 0.222 e. The summed E-state index contributed by atoms with van der Waals surface area (Å²) in [5.41, 5.74) is 0. The highest BCUT2D eigenvalue weighted by Crippen LogP contribution is 2.22. The van der Waals surface area contributed by atoms with Gasteiger partial charge in [0.2, 0.25) is 5.91 Å². The molecule has 0 aliphatic heterocycles. The van der Waals surface area contributed by atoms with Crippen LogP contribution < -0.4 is 0 Å². The molecule has 3 heteroatoms. The number of hydrogen-bond donors (Lipinski definition) is 0. The number of amides is 1. The third-order valence-electron chi connectivity index (χ3n) is 3.40. The van der Waals surface area contributed by atoms with Crippen LogP contribution in [0.3, 0.4) is 0 Å². The summed E-state index contributed by atoms with van der Waals surface area (Å²) in [5, 5.41) is 0. The monoisotopic (exact) mass is 227 g/mol. The minimum absolute atomic E-state index is 0.284. The normalized spacial score (nSPS) is 17.4. The topological polar surface area (TPSA) is 29.5 Å². The molecule has 1 aliphatic rings. The Morgan fingerprint density at radius 2 is 2.00 bits per heavy atom. The third kappa shape index (κ3) is 4.52. The van der Waals surface area contributed by atoms with Crippen molar-refractivity contribution in [1.82, 2.24) is 4.90 Å². The quantitative estimate of drug-likeness (QED) is 0.653. The Morgan fingerprint density at radius 1 is 1.31 bits per heavy atom. The van der Waals surface area contributed by atoms with Crippen molar-refractivity contribution in [1.29, 1.82) is 0 Å². The first kappa shape index (κ1) is 13.5. The van der Waals surface area contributed by atoms with Gasteiger partial charge in [0.25, 0.3) is 0 Å². The molecule has 3 nitrogen and oxygen atoms in total. The summed E-state index contributed by atoms with van der Waals surface area (Å²) in [4.78, 5) is 13.8. The maximum absolute atomic E-state index is 11.9. The van der Waals surface area contributed by atoms with Crippen LogP contribution in [-0.2, 0) is 9.53 Å². The Kier molecular flexibility index (Phi) is 6.46. The summed E-state index contributed by atoms with van der Waals surface area (Å²) in [5.74, 6) is 0.284. The zero-order valence-electron chi connectivity index (χ0n) is 10.7. The lowest BCUT2D eigenvalue weighted by Gasteiger charge is -2.31. The van der Waals surface area contributed by atoms with E-state index in [0.717, 1.165) is 13.0 Å². The Hall–Kier alpha value is -0.570. The molecule has 0 N–H and O–H groups in total. The number of carbonyl (C=O) groups excluding carboxylic acids is 1. The van der Waals surface area contributed by atoms with E-state index in [0.29, 0.717) is 19.1 Å². The predicted molar refractivity (Wildman–Crippen MR) is 65.4 cm³/mol. The largest absolute Gasteiger partial charge is 0.382 e. The molecule has 0 spiro atoms. The minimum Gasteiger partial charge on any atom is -0.382 e. The van der Waals surface area contributed by atoms with E-state index < -0.39 is 0 Å². The van der Waals surface area contributed by atoms with E-state index >= 15 is 0 Å². The second-order valence-electron chi connectivity index (χ2n) is 4.60. The maximum Gasteiger partial charge on any atom is 0.222 e. The van der Waals surface area contributed by atoms with Gasteiger partial charge in [-0.05, 0) is 26.2 Å². The average Bonchev–Trinajstić information content (AvgIpc) is 2.34. The van der Waals surface area contributed by atoms with E-state index in [1.54, 1.807) is 0 Å². The molecular weight excluding hydrogens is 202 g/mol. The summed E-state index contributed by atoms with van der Waals surface area (Å²) in [6.07, 6.45) is 7.75. The first-order valence-electron chi connectivity index (χ1n) is 6.59. The van der Waals surface area contributed by atoms with Gasteiger partial charge in [-0.15, -0.1) is 0 Å². The molecule has 0 aromatic rings. The zero-order valence-corrected chi connectivity index (χ0v) is 10.7. The first-order valence-corrected chi connectivity index (χ1v) is 6.59. The van der Waals surface area contributed by atoms with Gasteiger partial charge >= 0.3 is 0 Å². The van der Waals surface area contributed by atoms with Crippen molar-refractivity contribution in [3.63, 3.8) is 0 Å². The summed E-state index contributed by atoms with van der Waals surface area (Å²) in [7, 11) is 1.96. The molecule has 1 saturated carbocycles. The van der Waals surface area contributed by atoms with Gasteiger partial charge in [-0.2, -0.15) is 0 Å². The van der Waals surface area contributed by atoms with Gasteiger partial charge in [-0.1, -0.05) is 19.3 Å². The molecule has 0 saturated heterocycles. The Balaban J connectivity index is 2.18. The Labute approximate surface area is 99.1 Å². The van der Waals surface area contributed by atoms with Crippen molar-refractivity contribution in [3.8, 4) is 0 Å². The van der Waals surface area contributed by atoms with Gasteiger partial charge in [0.05, 0.1) is 0 Å². The van der Waals surface area contributed by atoms with E-state index in [1.165, 1.54) is 32.1 Å². The molecule has 1 amide bonds. The van der Waals surface area contributed by atoms with Gasteiger partial charge in [0.1, 0.15) is 0 Å². The van der Waals surface area contributed by atoms with Crippen LogP contribution in [0, 0.1) is 0 Å². The molecule has 1 fully saturated rings. The third-order valence-corrected chi connectivity index (χ3v) is 3.40. The highest BCUT2D eigenvalue weighted by atomic mass is 16.5. The summed E-state index contributed by atoms with van der Waals surface area (Å²) in [6, 6.07) is 0.494. The number of rotatable bonds is 6. The van der Waals surface area contributed by atoms with Gasteiger partial charge in [-0.3, -0.25) is 4.79 Å². The highest BCUT2D eigenvalue weighted by molar-refractivity contribution is 5.76. The zero-order chi connectivity index (χ0) is 11.8. The standard InChI is InChI=1S/C13H25NO2/c1-3-16-11-7-10-13(15)14(2)12-8-5-4-6-9-12/h12H,3-11H2,1-2H3. The Bertz CT molecular complexity index is 200. The van der Waals surface area contributed by atoms with Crippen molar-refractivity contribution in [2.75, 3.05) is 20.3 Å². The van der Waals surface area contributed by atoms with Crippen LogP contribution in [0.25, 0.3) is 0 Å². The van der Waals surface area contributed by atoms with Crippen molar-refractivity contribution in [2.24, 2.45) is 0 Å². The summed E-state index contributed by atoms with van der Waals surface area (Å²) < 4.78 is 5.24. The highest BCUT2D eigenvalue weighted by Gasteiger charge is 2.21. The fraction of sp³-hybridized carbons (Fsp3) is 0.923. The predicted octanol–water partition coefficient (Wildman–Crippen LogP) is 2.59. The molecular formula is C13H25NO2. The summed E-state index contributed by atoms with van der Waals surface area (Å²) in [6.45, 7) is 3.43. The second-order valence-corrected chi connectivity index (χ2v) is 4.60. The SMILES string of the molecule is CCOCCCC(=O)N(C)C1CCCCC1. The first-order chi connectivity index (χ1) is 7.75. The van der Waals surface area contributed by atoms with Gasteiger partial charge in [0, 0.05) is 32.7 Å².